The molecule has 1 rings (SSSR count). The average Bonchev–Trinajstić information content (AvgIpc) is 2.17. The number of hydrogen-bond donors (Lipinski definition) is 1. The van der Waals surface area contributed by atoms with Crippen LogP contribution in [0.4, 0.5) is 0 Å². The number of aliphatic hydroxyl groups is 1. The summed E-state index contributed by atoms with van der Waals surface area (Å²) in [5.74, 6) is 0. The van der Waals surface area contributed by atoms with Crippen molar-refractivity contribution >= 4 is 11.6 Å². The molecule has 2 nitrogen and oxygen atoms in total. The third-order valence-corrected chi connectivity index (χ3v) is 2.31. The Hall–Kier alpha value is -0.570. The maximum Gasteiger partial charge on any atom is 0.0716 e. The van der Waals surface area contributed by atoms with Gasteiger partial charge in [0.2, 0.25) is 0 Å². The van der Waals surface area contributed by atoms with Gasteiger partial charge in [-0.25, -0.2) is 0 Å². The highest BCUT2D eigenvalue weighted by Crippen LogP contribution is 2.18. The molecule has 0 saturated carbocycles. The van der Waals surface area contributed by atoms with Crippen LogP contribution in [-0.2, 0) is 17.8 Å². The summed E-state index contributed by atoms with van der Waals surface area (Å²) in [6, 6.07) is 5.78. The molecule has 0 aliphatic carbocycles. The van der Waals surface area contributed by atoms with Crippen molar-refractivity contribution in [1.29, 1.82) is 0 Å². The molecule has 1 aromatic rings. The van der Waals surface area contributed by atoms with E-state index >= 15 is 0 Å². The summed E-state index contributed by atoms with van der Waals surface area (Å²) in [7, 11) is 1.66. The van der Waals surface area contributed by atoms with Gasteiger partial charge in [-0.15, -0.1) is 0 Å². The third kappa shape index (κ3) is 3.29. The molecule has 0 atom stereocenters. The Morgan fingerprint density at radius 2 is 2.14 bits per heavy atom. The average molecular weight is 215 g/mol. The van der Waals surface area contributed by atoms with E-state index in [1.165, 1.54) is 5.56 Å². The lowest BCUT2D eigenvalue weighted by Crippen LogP contribution is -1.97. The first-order valence-electron chi connectivity index (χ1n) is 4.65. The fraction of sp³-hybridized carbons (Fsp3) is 0.455. The molecule has 0 amide bonds. The molecule has 0 saturated heterocycles. The van der Waals surface area contributed by atoms with E-state index in [9.17, 15) is 0 Å². The molecule has 0 aromatic heterocycles. The predicted molar refractivity (Wildman–Crippen MR) is 57.6 cm³/mol. The van der Waals surface area contributed by atoms with E-state index in [1.54, 1.807) is 7.11 Å². The van der Waals surface area contributed by atoms with Crippen LogP contribution in [0.1, 0.15) is 17.5 Å². The summed E-state index contributed by atoms with van der Waals surface area (Å²) in [4.78, 5) is 0. The second-order valence-electron chi connectivity index (χ2n) is 3.17. The van der Waals surface area contributed by atoms with E-state index in [1.807, 2.05) is 18.2 Å². The highest BCUT2D eigenvalue weighted by atomic mass is 35.5. The zero-order valence-electron chi connectivity index (χ0n) is 8.29. The first-order valence-corrected chi connectivity index (χ1v) is 5.03. The van der Waals surface area contributed by atoms with Crippen LogP contribution in [0.3, 0.4) is 0 Å². The third-order valence-electron chi connectivity index (χ3n) is 2.07. The van der Waals surface area contributed by atoms with Crippen LogP contribution in [0.2, 0.25) is 5.02 Å². The summed E-state index contributed by atoms with van der Waals surface area (Å²) in [6.45, 7) is 0.788. The Morgan fingerprint density at radius 1 is 1.36 bits per heavy atom. The minimum atomic E-state index is 0.217. The maximum atomic E-state index is 8.75. The molecule has 0 fully saturated rings. The van der Waals surface area contributed by atoms with Gasteiger partial charge in [0.25, 0.3) is 0 Å². The zero-order chi connectivity index (χ0) is 10.4. The summed E-state index contributed by atoms with van der Waals surface area (Å²) in [5, 5.41) is 9.47. The van der Waals surface area contributed by atoms with Crippen molar-refractivity contribution in [1.82, 2.24) is 0 Å². The standard InChI is InChI=1S/C11H15ClO2/c1-14-8-10-7-11(12)5-4-9(10)3-2-6-13/h4-5,7,13H,2-3,6,8H2,1H3. The molecule has 1 N–H and O–H groups in total. The van der Waals surface area contributed by atoms with Crippen molar-refractivity contribution in [3.63, 3.8) is 0 Å². The Morgan fingerprint density at radius 3 is 2.79 bits per heavy atom. The smallest absolute Gasteiger partial charge is 0.0716 e. The van der Waals surface area contributed by atoms with Crippen LogP contribution in [0.25, 0.3) is 0 Å². The number of benzene rings is 1. The number of aliphatic hydroxyl groups excluding tert-OH is 1. The van der Waals surface area contributed by atoms with Crippen LogP contribution in [0.15, 0.2) is 18.2 Å². The van der Waals surface area contributed by atoms with Crippen LogP contribution in [0, 0.1) is 0 Å². The van der Waals surface area contributed by atoms with Crippen LogP contribution in [-0.4, -0.2) is 18.8 Å². The predicted octanol–water partition coefficient (Wildman–Crippen LogP) is 2.41. The quantitative estimate of drug-likeness (QED) is 0.816. The van der Waals surface area contributed by atoms with Gasteiger partial charge in [0.15, 0.2) is 0 Å². The Bertz CT molecular complexity index is 287. The Labute approximate surface area is 89.5 Å². The molecule has 0 spiro atoms. The van der Waals surface area contributed by atoms with Gasteiger partial charge in [0.1, 0.15) is 0 Å². The van der Waals surface area contributed by atoms with Crippen molar-refractivity contribution in [3.8, 4) is 0 Å². The van der Waals surface area contributed by atoms with Crippen LogP contribution >= 0.6 is 11.6 Å². The molecule has 0 unspecified atom stereocenters. The molecule has 0 heterocycles. The molecule has 14 heavy (non-hydrogen) atoms. The molecule has 78 valence electrons. The van der Waals surface area contributed by atoms with Crippen molar-refractivity contribution in [2.45, 2.75) is 19.4 Å². The van der Waals surface area contributed by atoms with Crippen molar-refractivity contribution < 1.29 is 9.84 Å². The van der Waals surface area contributed by atoms with E-state index < -0.39 is 0 Å². The minimum Gasteiger partial charge on any atom is -0.396 e. The topological polar surface area (TPSA) is 29.5 Å². The second-order valence-corrected chi connectivity index (χ2v) is 3.61. The summed E-state index contributed by atoms with van der Waals surface area (Å²) >= 11 is 5.88. The Kier molecular flexibility index (Phi) is 4.94. The summed E-state index contributed by atoms with van der Waals surface area (Å²) in [6.07, 6.45) is 1.64. The lowest BCUT2D eigenvalue weighted by atomic mass is 10.0. The van der Waals surface area contributed by atoms with E-state index in [4.69, 9.17) is 21.4 Å². The van der Waals surface area contributed by atoms with Gasteiger partial charge in [0.05, 0.1) is 6.61 Å². The number of methoxy groups -OCH3 is 1. The second kappa shape index (κ2) is 6.02. The van der Waals surface area contributed by atoms with Crippen LogP contribution < -0.4 is 0 Å². The number of ether oxygens (including phenoxy) is 1. The monoisotopic (exact) mass is 214 g/mol. The fourth-order valence-corrected chi connectivity index (χ4v) is 1.59. The van der Waals surface area contributed by atoms with Crippen molar-refractivity contribution in [2.75, 3.05) is 13.7 Å². The highest BCUT2D eigenvalue weighted by Gasteiger charge is 2.02. The maximum absolute atomic E-state index is 8.75. The molecule has 0 aliphatic rings. The fourth-order valence-electron chi connectivity index (χ4n) is 1.40. The van der Waals surface area contributed by atoms with Gasteiger partial charge in [-0.2, -0.15) is 0 Å². The highest BCUT2D eigenvalue weighted by molar-refractivity contribution is 6.30. The zero-order valence-corrected chi connectivity index (χ0v) is 9.05. The van der Waals surface area contributed by atoms with Crippen LogP contribution in [0.5, 0.6) is 0 Å². The molecule has 0 radical (unpaired) electrons. The first kappa shape index (κ1) is 11.5. The van der Waals surface area contributed by atoms with Gasteiger partial charge < -0.3 is 9.84 Å². The number of hydrogen-bond acceptors (Lipinski definition) is 2. The molecule has 0 bridgehead atoms. The van der Waals surface area contributed by atoms with E-state index in [-0.39, 0.29) is 6.61 Å². The Balaban J connectivity index is 2.78. The van der Waals surface area contributed by atoms with E-state index in [0.717, 1.165) is 23.4 Å². The minimum absolute atomic E-state index is 0.217. The number of halogens is 1. The molecular formula is C11H15ClO2. The number of rotatable bonds is 5. The van der Waals surface area contributed by atoms with Gasteiger partial charge in [-0.3, -0.25) is 0 Å². The lowest BCUT2D eigenvalue weighted by Gasteiger charge is -2.08. The molecule has 1 aromatic carbocycles. The SMILES string of the molecule is COCc1cc(Cl)ccc1CCCO. The first-order chi connectivity index (χ1) is 6.77. The van der Waals surface area contributed by atoms with E-state index in [2.05, 4.69) is 0 Å². The molecule has 0 aliphatic heterocycles. The van der Waals surface area contributed by atoms with Gasteiger partial charge in [-0.1, -0.05) is 17.7 Å². The molecular weight excluding hydrogens is 200 g/mol. The van der Waals surface area contributed by atoms with Crippen molar-refractivity contribution in [2.24, 2.45) is 0 Å². The largest absolute Gasteiger partial charge is 0.396 e. The van der Waals surface area contributed by atoms with Gasteiger partial charge >= 0.3 is 0 Å². The normalized spacial score (nSPS) is 10.5. The van der Waals surface area contributed by atoms with Gasteiger partial charge in [0, 0.05) is 18.7 Å². The lowest BCUT2D eigenvalue weighted by molar-refractivity contribution is 0.184. The van der Waals surface area contributed by atoms with Gasteiger partial charge in [-0.05, 0) is 36.1 Å². The number of aryl methyl sites for hydroxylation is 1. The van der Waals surface area contributed by atoms with E-state index in [0.29, 0.717) is 6.61 Å². The summed E-state index contributed by atoms with van der Waals surface area (Å²) < 4.78 is 5.08. The summed E-state index contributed by atoms with van der Waals surface area (Å²) in [5.41, 5.74) is 2.30. The molecule has 3 heteroatoms. The van der Waals surface area contributed by atoms with Crippen molar-refractivity contribution in [3.05, 3.63) is 34.3 Å².